The summed E-state index contributed by atoms with van der Waals surface area (Å²) in [5.74, 6) is -4.29. The van der Waals surface area contributed by atoms with E-state index in [9.17, 15) is 59.9 Å². The topological polar surface area (TPSA) is 270 Å². The summed E-state index contributed by atoms with van der Waals surface area (Å²) in [6.07, 6.45) is 15.4. The third-order valence-corrected chi connectivity index (χ3v) is 13.2. The molecule has 1 heterocycles. The Kier molecular flexibility index (Phi) is 32.1. The van der Waals surface area contributed by atoms with Gasteiger partial charge in [0.05, 0.1) is 43.5 Å². The van der Waals surface area contributed by atoms with E-state index in [0.717, 1.165) is 70.6 Å². The largest absolute Gasteiger partial charge is 0.472 e. The minimum atomic E-state index is -5.44. The maximum absolute atomic E-state index is 13.5. The molecule has 2 aliphatic rings. The molecule has 0 aromatic heterocycles. The summed E-state index contributed by atoms with van der Waals surface area (Å²) in [5, 5.41) is 89.7. The Morgan fingerprint density at radius 3 is 1.97 bits per heavy atom. The van der Waals surface area contributed by atoms with Crippen molar-refractivity contribution in [3.05, 3.63) is 60.8 Å². The molecule has 1 aliphatic heterocycles. The summed E-state index contributed by atoms with van der Waals surface area (Å²) in [7, 11) is -5.44. The van der Waals surface area contributed by atoms with Gasteiger partial charge in [-0.3, -0.25) is 18.6 Å². The molecule has 0 aromatic carbocycles. The van der Waals surface area contributed by atoms with E-state index < -0.39 is 112 Å². The summed E-state index contributed by atoms with van der Waals surface area (Å²) in [5.41, 5.74) is 0. The predicted octanol–water partition coefficient (Wildman–Crippen LogP) is 6.49. The van der Waals surface area contributed by atoms with E-state index in [1.165, 1.54) is 50.0 Å². The van der Waals surface area contributed by atoms with Gasteiger partial charge in [0.2, 0.25) is 0 Å². The Morgan fingerprint density at radius 2 is 1.31 bits per heavy atom. The van der Waals surface area contributed by atoms with Gasteiger partial charge in [0.15, 0.2) is 6.10 Å². The number of aliphatic hydroxyl groups excluding tert-OH is 8. The van der Waals surface area contributed by atoms with Gasteiger partial charge in [0.25, 0.3) is 0 Å². The molecule has 9 N–H and O–H groups in total. The number of cyclic esters (lactones) is 1. The fraction of sp³-hybridized carbons (Fsp3) is 0.760. The molecule has 0 aromatic rings. The zero-order chi connectivity index (χ0) is 49.5. The maximum atomic E-state index is 13.5. The third kappa shape index (κ3) is 25.7. The van der Waals surface area contributed by atoms with E-state index in [4.69, 9.17) is 18.5 Å². The van der Waals surface area contributed by atoms with Gasteiger partial charge in [-0.1, -0.05) is 139 Å². The van der Waals surface area contributed by atoms with Gasteiger partial charge < -0.3 is 55.2 Å². The van der Waals surface area contributed by atoms with Crippen LogP contribution in [0.1, 0.15) is 155 Å². The second-order valence-electron chi connectivity index (χ2n) is 17.9. The highest BCUT2D eigenvalue weighted by molar-refractivity contribution is 7.47. The molecule has 1 aliphatic carbocycles. The first-order chi connectivity index (χ1) is 32.1. The second kappa shape index (κ2) is 35.5. The first kappa shape index (κ1) is 60.6. The average Bonchev–Trinajstić information content (AvgIpc) is 3.29. The van der Waals surface area contributed by atoms with Crippen molar-refractivity contribution in [1.82, 2.24) is 0 Å². The van der Waals surface area contributed by atoms with Crippen LogP contribution in [0.3, 0.4) is 0 Å². The van der Waals surface area contributed by atoms with E-state index in [2.05, 4.69) is 43.4 Å². The highest BCUT2D eigenvalue weighted by Crippen LogP contribution is 2.47. The minimum absolute atomic E-state index is 0.00822. The first-order valence-corrected chi connectivity index (χ1v) is 26.3. The van der Waals surface area contributed by atoms with Crippen molar-refractivity contribution in [2.45, 2.75) is 216 Å². The minimum Gasteiger partial charge on any atom is -0.461 e. The van der Waals surface area contributed by atoms with Gasteiger partial charge in [-0.25, -0.2) is 4.57 Å². The molecule has 0 spiro atoms. The number of esters is 2. The van der Waals surface area contributed by atoms with Crippen LogP contribution < -0.4 is 0 Å². The Bertz CT molecular complexity index is 1530. The van der Waals surface area contributed by atoms with Crippen molar-refractivity contribution in [3.8, 4) is 0 Å². The molecule has 1 saturated carbocycles. The fourth-order valence-corrected chi connectivity index (χ4v) is 9.01. The SMILES string of the molecule is CCCCCC/C=C\C/C=C\C/C=C\CCCCCCCCC(=O)O[C@@H]1COC(=O)C/C=C\C[C@H]2[C@@H](O)[C@H](O)[C@@H](O)[C@H](OP(=O)(O)OC1)[C@H](O)[C@H](O)[C@@H](/C=C/[C@H](O)CCCCC)[C@H](O)C[C@@H]2O. The van der Waals surface area contributed by atoms with Crippen LogP contribution in [0, 0.1) is 11.8 Å². The summed E-state index contributed by atoms with van der Waals surface area (Å²) >= 11 is 0. The normalized spacial score (nSPS) is 31.9. The zero-order valence-corrected chi connectivity index (χ0v) is 40.9. The lowest BCUT2D eigenvalue weighted by atomic mass is 9.83. The van der Waals surface area contributed by atoms with E-state index in [1.54, 1.807) is 0 Å². The monoisotopic (exact) mass is 973 g/mol. The Morgan fingerprint density at radius 1 is 0.731 bits per heavy atom. The number of hydrogen-bond donors (Lipinski definition) is 9. The third-order valence-electron chi connectivity index (χ3n) is 12.2. The standard InChI is InChI=1S/C50H85O16P/c1-3-5-7-8-9-10-11-12-13-14-15-16-17-18-19-20-21-22-23-25-31-44(55)65-38-35-63-43(54)30-27-26-29-39-41(52)34-42(53)40(33-32-37(51)28-24-6-4-2)46(57)48(59)50(49(60)47(58)45(39)56)66-67(61,62)64-36-38/h10-11,13-14,16-17,26-27,32-33,37-42,45-53,56-60H,3-9,12,15,18-25,28-31,34-36H2,1-2H3,(H,61,62)/b11-10-,14-13-,17-16-,27-26-,33-32+/t37-,38-,39-,40+,41+,42-,45-,46-,47+,48-,49-,50-/m1/s1. The number of aliphatic hydroxyl groups is 8. The molecule has 0 radical (unpaired) electrons. The molecule has 1 unspecified atom stereocenters. The van der Waals surface area contributed by atoms with E-state index >= 15 is 0 Å². The molecule has 386 valence electrons. The number of rotatable bonds is 25. The lowest BCUT2D eigenvalue weighted by Crippen LogP contribution is -2.55. The number of fused-ring (bicyclic) bond motifs is 4. The number of carbonyl (C=O) groups excluding carboxylic acids is 2. The van der Waals surface area contributed by atoms with Crippen molar-refractivity contribution in [2.24, 2.45) is 11.8 Å². The van der Waals surface area contributed by atoms with Crippen LogP contribution in [-0.2, 0) is 32.7 Å². The predicted molar refractivity (Wildman–Crippen MR) is 255 cm³/mol. The number of ether oxygens (including phenoxy) is 2. The molecule has 0 amide bonds. The van der Waals surface area contributed by atoms with E-state index in [1.807, 2.05) is 6.92 Å². The smallest absolute Gasteiger partial charge is 0.461 e. The van der Waals surface area contributed by atoms with Crippen molar-refractivity contribution in [3.63, 3.8) is 0 Å². The number of allylic oxidation sites excluding steroid dienone is 7. The van der Waals surface area contributed by atoms with Crippen LogP contribution >= 0.6 is 7.82 Å². The van der Waals surface area contributed by atoms with Crippen LogP contribution in [0.4, 0.5) is 0 Å². The average molecular weight is 973 g/mol. The molecule has 13 atom stereocenters. The van der Waals surface area contributed by atoms with E-state index in [0.29, 0.717) is 19.3 Å². The van der Waals surface area contributed by atoms with Crippen LogP contribution in [-0.4, -0.2) is 132 Å². The fourth-order valence-electron chi connectivity index (χ4n) is 8.03. The summed E-state index contributed by atoms with van der Waals surface area (Å²) in [6, 6.07) is 0. The van der Waals surface area contributed by atoms with Crippen LogP contribution in [0.2, 0.25) is 0 Å². The summed E-state index contributed by atoms with van der Waals surface area (Å²) < 4.78 is 34.5. The van der Waals surface area contributed by atoms with Crippen LogP contribution in [0.5, 0.6) is 0 Å². The van der Waals surface area contributed by atoms with Gasteiger partial charge in [-0.05, 0) is 57.8 Å². The summed E-state index contributed by atoms with van der Waals surface area (Å²) in [6.45, 7) is 2.76. The number of phosphoric acid groups is 1. The maximum Gasteiger partial charge on any atom is 0.472 e. The van der Waals surface area contributed by atoms with Gasteiger partial charge in [-0.2, -0.15) is 0 Å². The highest BCUT2D eigenvalue weighted by atomic mass is 31.2. The van der Waals surface area contributed by atoms with Crippen LogP contribution in [0.15, 0.2) is 60.8 Å². The molecule has 67 heavy (non-hydrogen) atoms. The van der Waals surface area contributed by atoms with Gasteiger partial charge in [-0.15, -0.1) is 0 Å². The number of unbranched alkanes of at least 4 members (excludes halogenated alkanes) is 12. The Hall–Kier alpha value is -2.57. The van der Waals surface area contributed by atoms with Crippen molar-refractivity contribution >= 4 is 19.8 Å². The van der Waals surface area contributed by atoms with Gasteiger partial charge >= 0.3 is 19.8 Å². The first-order valence-electron chi connectivity index (χ1n) is 24.8. The van der Waals surface area contributed by atoms with E-state index in [-0.39, 0.29) is 19.3 Å². The number of hydrogen-bond acceptors (Lipinski definition) is 15. The Labute approximate surface area is 399 Å². The van der Waals surface area contributed by atoms with Crippen molar-refractivity contribution < 1.29 is 78.4 Å². The molecule has 16 nitrogen and oxygen atoms in total. The molecule has 2 rings (SSSR count). The van der Waals surface area contributed by atoms with Gasteiger partial charge in [0, 0.05) is 24.7 Å². The lowest BCUT2D eigenvalue weighted by Gasteiger charge is -2.37. The van der Waals surface area contributed by atoms with Crippen molar-refractivity contribution in [1.29, 1.82) is 0 Å². The summed E-state index contributed by atoms with van der Waals surface area (Å²) in [4.78, 5) is 36.5. The Balaban J connectivity index is 2.05. The highest BCUT2D eigenvalue weighted by Gasteiger charge is 2.49. The number of carbonyl (C=O) groups is 2. The molecule has 17 heteroatoms. The van der Waals surface area contributed by atoms with Gasteiger partial charge in [0.1, 0.15) is 31.0 Å². The zero-order valence-electron chi connectivity index (χ0n) is 40.0. The molecular formula is C50H85O16P. The second-order valence-corrected chi connectivity index (χ2v) is 19.4. The molecule has 2 bridgehead atoms. The quantitative estimate of drug-likeness (QED) is 0.0205. The number of phosphoric ester groups is 1. The lowest BCUT2D eigenvalue weighted by molar-refractivity contribution is -0.167. The molecule has 1 fully saturated rings. The molecule has 0 saturated heterocycles. The van der Waals surface area contributed by atoms with Crippen molar-refractivity contribution in [2.75, 3.05) is 13.2 Å². The molecular weight excluding hydrogens is 888 g/mol. The van der Waals surface area contributed by atoms with Crippen LogP contribution in [0.25, 0.3) is 0 Å².